The van der Waals surface area contributed by atoms with E-state index in [1.807, 2.05) is 18.2 Å². The van der Waals surface area contributed by atoms with E-state index in [9.17, 15) is 4.39 Å². The van der Waals surface area contributed by atoms with Crippen LogP contribution in [-0.4, -0.2) is 15.4 Å². The largest absolute Gasteiger partial charge is 0.207 e. The van der Waals surface area contributed by atoms with Gasteiger partial charge in [-0.2, -0.15) is 15.4 Å². The highest BCUT2D eigenvalue weighted by atomic mass is 19.1. The van der Waals surface area contributed by atoms with Gasteiger partial charge < -0.3 is 0 Å². The van der Waals surface area contributed by atoms with E-state index in [0.717, 1.165) is 22.2 Å². The third-order valence-corrected chi connectivity index (χ3v) is 2.49. The Hall–Kier alpha value is -2.23. The molecule has 0 fully saturated rings. The molecule has 3 aromatic rings. The molecule has 0 saturated carbocycles. The zero-order valence-corrected chi connectivity index (χ0v) is 8.31. The van der Waals surface area contributed by atoms with E-state index >= 15 is 0 Å². The summed E-state index contributed by atoms with van der Waals surface area (Å²) < 4.78 is 12.8. The van der Waals surface area contributed by atoms with Crippen LogP contribution in [0.1, 0.15) is 0 Å². The fourth-order valence-corrected chi connectivity index (χ4v) is 1.66. The molecule has 0 bridgehead atoms. The summed E-state index contributed by atoms with van der Waals surface area (Å²) in [4.78, 5) is 0. The van der Waals surface area contributed by atoms with E-state index in [2.05, 4.69) is 15.4 Å². The van der Waals surface area contributed by atoms with Crippen LogP contribution in [0.15, 0.2) is 42.5 Å². The number of fused-ring (bicyclic) bond motifs is 1. The Bertz CT molecular complexity index is 628. The molecule has 0 aliphatic carbocycles. The summed E-state index contributed by atoms with van der Waals surface area (Å²) >= 11 is 0. The van der Waals surface area contributed by atoms with Crippen LogP contribution in [0.3, 0.4) is 0 Å². The molecule has 0 radical (unpaired) electrons. The van der Waals surface area contributed by atoms with E-state index in [4.69, 9.17) is 0 Å². The maximum absolute atomic E-state index is 12.8. The number of H-pyrrole nitrogens is 1. The molecule has 0 aliphatic heterocycles. The maximum Gasteiger partial charge on any atom is 0.123 e. The van der Waals surface area contributed by atoms with Gasteiger partial charge in [0.1, 0.15) is 16.9 Å². The minimum Gasteiger partial charge on any atom is -0.207 e. The molecule has 1 aromatic heterocycles. The molecule has 4 heteroatoms. The molecule has 0 amide bonds. The van der Waals surface area contributed by atoms with E-state index < -0.39 is 0 Å². The summed E-state index contributed by atoms with van der Waals surface area (Å²) in [5, 5.41) is 10.5. The third-order valence-electron chi connectivity index (χ3n) is 2.49. The number of nitrogens with zero attached hydrogens (tertiary/aromatic N) is 2. The summed E-state index contributed by atoms with van der Waals surface area (Å²) in [5.74, 6) is -0.230. The van der Waals surface area contributed by atoms with Gasteiger partial charge in [-0.15, -0.1) is 0 Å². The monoisotopic (exact) mass is 213 g/mol. The summed E-state index contributed by atoms with van der Waals surface area (Å²) in [7, 11) is 0. The van der Waals surface area contributed by atoms with Crippen LogP contribution >= 0.6 is 0 Å². The van der Waals surface area contributed by atoms with Crippen molar-refractivity contribution in [1.29, 1.82) is 0 Å². The standard InChI is InChI=1S/C12H8FN3/c13-10-4-1-8(2-5-10)9-3-6-11-12(7-9)15-16-14-11/h1-7H,(H,14,15,16). The molecule has 78 valence electrons. The van der Waals surface area contributed by atoms with E-state index in [1.54, 1.807) is 12.1 Å². The maximum atomic E-state index is 12.8. The van der Waals surface area contributed by atoms with Crippen molar-refractivity contribution in [3.8, 4) is 11.1 Å². The van der Waals surface area contributed by atoms with Gasteiger partial charge >= 0.3 is 0 Å². The topological polar surface area (TPSA) is 41.6 Å². The second-order valence-corrected chi connectivity index (χ2v) is 3.53. The predicted molar refractivity (Wildman–Crippen MR) is 59.3 cm³/mol. The molecule has 2 aromatic carbocycles. The highest BCUT2D eigenvalue weighted by Crippen LogP contribution is 2.22. The third kappa shape index (κ3) is 1.44. The summed E-state index contributed by atoms with van der Waals surface area (Å²) in [5.41, 5.74) is 3.60. The van der Waals surface area contributed by atoms with Gasteiger partial charge in [0.25, 0.3) is 0 Å². The number of hydrogen-bond donors (Lipinski definition) is 1. The number of benzene rings is 2. The Labute approximate surface area is 90.9 Å². The van der Waals surface area contributed by atoms with E-state index in [0.29, 0.717) is 0 Å². The highest BCUT2D eigenvalue weighted by molar-refractivity contribution is 5.80. The fraction of sp³-hybridized carbons (Fsp3) is 0. The van der Waals surface area contributed by atoms with Gasteiger partial charge in [-0.05, 0) is 35.4 Å². The SMILES string of the molecule is Fc1ccc(-c2ccc3n[nH]nc3c2)cc1. The van der Waals surface area contributed by atoms with E-state index in [-0.39, 0.29) is 5.82 Å². The predicted octanol–water partition coefficient (Wildman–Crippen LogP) is 2.76. The van der Waals surface area contributed by atoms with Crippen LogP contribution in [0.4, 0.5) is 4.39 Å². The van der Waals surface area contributed by atoms with Crippen LogP contribution in [0, 0.1) is 5.82 Å². The van der Waals surface area contributed by atoms with Crippen LogP contribution in [-0.2, 0) is 0 Å². The number of halogens is 1. The lowest BCUT2D eigenvalue weighted by atomic mass is 10.1. The molecule has 0 saturated heterocycles. The van der Waals surface area contributed by atoms with Crippen molar-refractivity contribution in [1.82, 2.24) is 15.4 Å². The van der Waals surface area contributed by atoms with Gasteiger partial charge in [0.2, 0.25) is 0 Å². The summed E-state index contributed by atoms with van der Waals surface area (Å²) in [6.07, 6.45) is 0. The number of hydrogen-bond acceptors (Lipinski definition) is 2. The molecule has 16 heavy (non-hydrogen) atoms. The van der Waals surface area contributed by atoms with Crippen LogP contribution in [0.25, 0.3) is 22.2 Å². The molecular formula is C12H8FN3. The number of nitrogens with one attached hydrogen (secondary N) is 1. The smallest absolute Gasteiger partial charge is 0.123 e. The normalized spacial score (nSPS) is 10.8. The molecule has 3 nitrogen and oxygen atoms in total. The lowest BCUT2D eigenvalue weighted by molar-refractivity contribution is 0.628. The van der Waals surface area contributed by atoms with Crippen molar-refractivity contribution < 1.29 is 4.39 Å². The first kappa shape index (κ1) is 9.03. The fourth-order valence-electron chi connectivity index (χ4n) is 1.66. The number of aromatic amines is 1. The minimum atomic E-state index is -0.230. The quantitative estimate of drug-likeness (QED) is 0.675. The first-order chi connectivity index (χ1) is 7.83. The Morgan fingerprint density at radius 1 is 0.812 bits per heavy atom. The van der Waals surface area contributed by atoms with E-state index in [1.165, 1.54) is 12.1 Å². The Balaban J connectivity index is 2.14. The summed E-state index contributed by atoms with van der Waals surface area (Å²) in [6.45, 7) is 0. The molecule has 0 spiro atoms. The lowest BCUT2D eigenvalue weighted by Gasteiger charge is -2.00. The Morgan fingerprint density at radius 3 is 2.31 bits per heavy atom. The minimum absolute atomic E-state index is 0.230. The second kappa shape index (κ2) is 3.41. The molecule has 1 heterocycles. The molecule has 1 N–H and O–H groups in total. The lowest BCUT2D eigenvalue weighted by Crippen LogP contribution is -1.79. The summed E-state index contributed by atoms with van der Waals surface area (Å²) in [6, 6.07) is 12.1. The van der Waals surface area contributed by atoms with Gasteiger partial charge in [0.05, 0.1) is 0 Å². The Morgan fingerprint density at radius 2 is 1.50 bits per heavy atom. The molecule has 0 aliphatic rings. The number of rotatable bonds is 1. The van der Waals surface area contributed by atoms with Crippen LogP contribution < -0.4 is 0 Å². The highest BCUT2D eigenvalue weighted by Gasteiger charge is 2.02. The van der Waals surface area contributed by atoms with Crippen molar-refractivity contribution >= 4 is 11.0 Å². The number of aromatic nitrogens is 3. The average molecular weight is 213 g/mol. The zero-order chi connectivity index (χ0) is 11.0. The Kier molecular flexibility index (Phi) is 1.93. The van der Waals surface area contributed by atoms with Crippen molar-refractivity contribution in [3.63, 3.8) is 0 Å². The average Bonchev–Trinajstić information content (AvgIpc) is 2.77. The van der Waals surface area contributed by atoms with Crippen molar-refractivity contribution in [2.75, 3.05) is 0 Å². The van der Waals surface area contributed by atoms with Crippen molar-refractivity contribution in [2.45, 2.75) is 0 Å². The molecule has 0 atom stereocenters. The molecular weight excluding hydrogens is 205 g/mol. The van der Waals surface area contributed by atoms with Gasteiger partial charge in [0, 0.05) is 0 Å². The van der Waals surface area contributed by atoms with Gasteiger partial charge in [-0.1, -0.05) is 18.2 Å². The van der Waals surface area contributed by atoms with Crippen LogP contribution in [0.5, 0.6) is 0 Å². The van der Waals surface area contributed by atoms with Gasteiger partial charge in [0.15, 0.2) is 0 Å². The van der Waals surface area contributed by atoms with Crippen LogP contribution in [0.2, 0.25) is 0 Å². The first-order valence-electron chi connectivity index (χ1n) is 4.89. The second-order valence-electron chi connectivity index (χ2n) is 3.53. The van der Waals surface area contributed by atoms with Gasteiger partial charge in [-0.25, -0.2) is 4.39 Å². The van der Waals surface area contributed by atoms with Crippen molar-refractivity contribution in [3.05, 3.63) is 48.3 Å². The van der Waals surface area contributed by atoms with Gasteiger partial charge in [-0.3, -0.25) is 0 Å². The molecule has 0 unspecified atom stereocenters. The first-order valence-corrected chi connectivity index (χ1v) is 4.89. The molecule has 3 rings (SSSR count). The van der Waals surface area contributed by atoms with Crippen molar-refractivity contribution in [2.24, 2.45) is 0 Å². The zero-order valence-electron chi connectivity index (χ0n) is 8.31.